The van der Waals surface area contributed by atoms with E-state index in [0.29, 0.717) is 29.7 Å². The number of carbonyl (C=O) groups excluding carboxylic acids is 1. The summed E-state index contributed by atoms with van der Waals surface area (Å²) in [6, 6.07) is 6.96. The third kappa shape index (κ3) is 5.26. The average Bonchev–Trinajstić information content (AvgIpc) is 2.97. The van der Waals surface area contributed by atoms with Gasteiger partial charge in [-0.1, -0.05) is 11.6 Å². The van der Waals surface area contributed by atoms with E-state index in [1.807, 2.05) is 19.2 Å². The van der Waals surface area contributed by atoms with Gasteiger partial charge in [0, 0.05) is 25.5 Å². The van der Waals surface area contributed by atoms with E-state index < -0.39 is 0 Å². The molecule has 0 saturated carbocycles. The van der Waals surface area contributed by atoms with Crippen LogP contribution in [0.15, 0.2) is 30.5 Å². The molecule has 0 unspecified atom stereocenters. The monoisotopic (exact) mass is 337 g/mol. The van der Waals surface area contributed by atoms with Crippen LogP contribution < -0.4 is 10.1 Å². The van der Waals surface area contributed by atoms with Crippen molar-refractivity contribution < 1.29 is 14.3 Å². The van der Waals surface area contributed by atoms with Crippen LogP contribution >= 0.6 is 11.6 Å². The van der Waals surface area contributed by atoms with E-state index in [9.17, 15) is 4.79 Å². The van der Waals surface area contributed by atoms with E-state index in [4.69, 9.17) is 21.1 Å². The quantitative estimate of drug-likeness (QED) is 0.752. The first kappa shape index (κ1) is 17.3. The SMILES string of the molecule is CCn1ccc(CC(=O)Nc2ccc(OCCOC)c(Cl)c2)n1. The Morgan fingerprint density at radius 2 is 2.17 bits per heavy atom. The topological polar surface area (TPSA) is 65.4 Å². The molecular formula is C16H20ClN3O3. The molecular weight excluding hydrogens is 318 g/mol. The highest BCUT2D eigenvalue weighted by molar-refractivity contribution is 6.32. The Hall–Kier alpha value is -2.05. The fourth-order valence-corrected chi connectivity index (χ4v) is 2.21. The number of hydrogen-bond donors (Lipinski definition) is 1. The molecule has 0 atom stereocenters. The minimum absolute atomic E-state index is 0.143. The second kappa shape index (κ2) is 8.55. The number of ether oxygens (including phenoxy) is 2. The summed E-state index contributed by atoms with van der Waals surface area (Å²) in [4.78, 5) is 12.0. The molecule has 7 heteroatoms. The summed E-state index contributed by atoms with van der Waals surface area (Å²) in [6.45, 7) is 3.68. The smallest absolute Gasteiger partial charge is 0.230 e. The summed E-state index contributed by atoms with van der Waals surface area (Å²) in [5.41, 5.74) is 1.35. The van der Waals surface area contributed by atoms with Gasteiger partial charge >= 0.3 is 0 Å². The van der Waals surface area contributed by atoms with E-state index in [-0.39, 0.29) is 12.3 Å². The number of aryl methyl sites for hydroxylation is 1. The Morgan fingerprint density at radius 3 is 2.83 bits per heavy atom. The number of nitrogens with one attached hydrogen (secondary N) is 1. The molecule has 0 radical (unpaired) electrons. The summed E-state index contributed by atoms with van der Waals surface area (Å²) >= 11 is 6.14. The van der Waals surface area contributed by atoms with Crippen molar-refractivity contribution >= 4 is 23.2 Å². The maximum atomic E-state index is 12.0. The van der Waals surface area contributed by atoms with Crippen LogP contribution in [0.25, 0.3) is 0 Å². The van der Waals surface area contributed by atoms with Crippen LogP contribution in [0, 0.1) is 0 Å². The molecule has 1 amide bonds. The minimum Gasteiger partial charge on any atom is -0.490 e. The van der Waals surface area contributed by atoms with Crippen LogP contribution in [-0.4, -0.2) is 36.0 Å². The largest absolute Gasteiger partial charge is 0.490 e. The number of rotatable bonds is 8. The zero-order valence-electron chi connectivity index (χ0n) is 13.2. The van der Waals surface area contributed by atoms with Gasteiger partial charge in [0.25, 0.3) is 0 Å². The lowest BCUT2D eigenvalue weighted by Gasteiger charge is -2.10. The Kier molecular flexibility index (Phi) is 6.43. The summed E-state index contributed by atoms with van der Waals surface area (Å²) in [6.07, 6.45) is 2.07. The molecule has 0 bridgehead atoms. The lowest BCUT2D eigenvalue weighted by Crippen LogP contribution is -2.15. The van der Waals surface area contributed by atoms with Gasteiger partial charge in [0.1, 0.15) is 12.4 Å². The second-order valence-electron chi connectivity index (χ2n) is 4.87. The van der Waals surface area contributed by atoms with E-state index in [2.05, 4.69) is 10.4 Å². The molecule has 23 heavy (non-hydrogen) atoms. The number of hydrogen-bond acceptors (Lipinski definition) is 4. The van der Waals surface area contributed by atoms with E-state index in [0.717, 1.165) is 12.2 Å². The van der Waals surface area contributed by atoms with Crippen molar-refractivity contribution in [1.82, 2.24) is 9.78 Å². The van der Waals surface area contributed by atoms with E-state index >= 15 is 0 Å². The molecule has 1 aromatic carbocycles. The minimum atomic E-state index is -0.143. The lowest BCUT2D eigenvalue weighted by molar-refractivity contribution is -0.115. The van der Waals surface area contributed by atoms with Crippen LogP contribution in [0.3, 0.4) is 0 Å². The van der Waals surface area contributed by atoms with Crippen molar-refractivity contribution in [3.8, 4) is 5.75 Å². The van der Waals surface area contributed by atoms with Crippen molar-refractivity contribution in [2.45, 2.75) is 19.9 Å². The van der Waals surface area contributed by atoms with Gasteiger partial charge in [0.2, 0.25) is 5.91 Å². The molecule has 6 nitrogen and oxygen atoms in total. The predicted octanol–water partition coefficient (Wildman–Crippen LogP) is 2.76. The standard InChI is InChI=1S/C16H20ClN3O3/c1-3-20-7-6-13(19-20)11-16(21)18-12-4-5-15(14(17)10-12)23-9-8-22-2/h4-7,10H,3,8-9,11H2,1-2H3,(H,18,21). The molecule has 0 fully saturated rings. The molecule has 2 aromatic rings. The van der Waals surface area contributed by atoms with Crippen molar-refractivity contribution in [1.29, 1.82) is 0 Å². The second-order valence-corrected chi connectivity index (χ2v) is 5.28. The maximum Gasteiger partial charge on any atom is 0.230 e. The third-order valence-electron chi connectivity index (χ3n) is 3.12. The Morgan fingerprint density at radius 1 is 1.35 bits per heavy atom. The number of benzene rings is 1. The zero-order valence-corrected chi connectivity index (χ0v) is 14.0. The first-order chi connectivity index (χ1) is 11.1. The van der Waals surface area contributed by atoms with Gasteiger partial charge in [-0.25, -0.2) is 0 Å². The number of amides is 1. The molecule has 0 aliphatic heterocycles. The van der Waals surface area contributed by atoms with Crippen LogP contribution in [0.1, 0.15) is 12.6 Å². The van der Waals surface area contributed by atoms with Crippen molar-refractivity contribution in [3.63, 3.8) is 0 Å². The van der Waals surface area contributed by atoms with Gasteiger partial charge in [-0.05, 0) is 31.2 Å². The number of aromatic nitrogens is 2. The number of anilines is 1. The van der Waals surface area contributed by atoms with E-state index in [1.165, 1.54) is 0 Å². The zero-order chi connectivity index (χ0) is 16.7. The highest BCUT2D eigenvalue weighted by Crippen LogP contribution is 2.27. The lowest BCUT2D eigenvalue weighted by atomic mass is 10.2. The predicted molar refractivity (Wildman–Crippen MR) is 89.1 cm³/mol. The van der Waals surface area contributed by atoms with Crippen molar-refractivity contribution in [3.05, 3.63) is 41.2 Å². The molecule has 0 spiro atoms. The van der Waals surface area contributed by atoms with Gasteiger partial charge in [0.05, 0.1) is 23.7 Å². The first-order valence-corrected chi connectivity index (χ1v) is 7.73. The van der Waals surface area contributed by atoms with Gasteiger partial charge in [-0.15, -0.1) is 0 Å². The molecule has 0 saturated heterocycles. The fourth-order valence-electron chi connectivity index (χ4n) is 1.97. The summed E-state index contributed by atoms with van der Waals surface area (Å²) in [5.74, 6) is 0.416. The summed E-state index contributed by atoms with van der Waals surface area (Å²) in [5, 5.41) is 7.52. The summed E-state index contributed by atoms with van der Waals surface area (Å²) < 4.78 is 12.2. The normalized spacial score (nSPS) is 10.6. The molecule has 1 aromatic heterocycles. The van der Waals surface area contributed by atoms with Crippen LogP contribution in [0.4, 0.5) is 5.69 Å². The molecule has 1 N–H and O–H groups in total. The molecule has 1 heterocycles. The average molecular weight is 338 g/mol. The van der Waals surface area contributed by atoms with Crippen LogP contribution in [0.2, 0.25) is 5.02 Å². The van der Waals surface area contributed by atoms with Gasteiger partial charge in [-0.3, -0.25) is 9.48 Å². The molecule has 0 aliphatic carbocycles. The Balaban J connectivity index is 1.91. The van der Waals surface area contributed by atoms with Crippen LogP contribution in [0.5, 0.6) is 5.75 Å². The van der Waals surface area contributed by atoms with Crippen molar-refractivity contribution in [2.75, 3.05) is 25.6 Å². The fraction of sp³-hybridized carbons (Fsp3) is 0.375. The van der Waals surface area contributed by atoms with Gasteiger partial charge in [-0.2, -0.15) is 5.10 Å². The Labute approximate surface area is 140 Å². The highest BCUT2D eigenvalue weighted by Gasteiger charge is 2.09. The Bertz CT molecular complexity index is 658. The maximum absolute atomic E-state index is 12.0. The van der Waals surface area contributed by atoms with Gasteiger partial charge in [0.15, 0.2) is 0 Å². The molecule has 124 valence electrons. The first-order valence-electron chi connectivity index (χ1n) is 7.36. The van der Waals surface area contributed by atoms with Crippen molar-refractivity contribution in [2.24, 2.45) is 0 Å². The summed E-state index contributed by atoms with van der Waals surface area (Å²) in [7, 11) is 1.60. The van der Waals surface area contributed by atoms with Gasteiger partial charge < -0.3 is 14.8 Å². The number of nitrogens with zero attached hydrogens (tertiary/aromatic N) is 2. The molecule has 0 aliphatic rings. The molecule has 2 rings (SSSR count). The third-order valence-corrected chi connectivity index (χ3v) is 3.42. The number of methoxy groups -OCH3 is 1. The van der Waals surface area contributed by atoms with E-state index in [1.54, 1.807) is 30.0 Å². The number of carbonyl (C=O) groups is 1. The highest BCUT2D eigenvalue weighted by atomic mass is 35.5. The number of halogens is 1. The van der Waals surface area contributed by atoms with Crippen LogP contribution in [-0.2, 0) is 22.5 Å².